The Balaban J connectivity index is 2.38. The second-order valence-electron chi connectivity index (χ2n) is 4.36. The van der Waals surface area contributed by atoms with E-state index in [0.29, 0.717) is 30.3 Å². The first-order chi connectivity index (χ1) is 9.60. The lowest BCUT2D eigenvalue weighted by atomic mass is 10.4. The average molecular weight is 320 g/mol. The maximum Gasteiger partial charge on any atom is 0.250 e. The normalized spacial score (nSPS) is 11.9. The van der Waals surface area contributed by atoms with Gasteiger partial charge < -0.3 is 10.1 Å². The van der Waals surface area contributed by atoms with Crippen LogP contribution in [0.3, 0.4) is 0 Å². The molecular weight excluding hydrogens is 296 g/mol. The third-order valence-corrected chi connectivity index (χ3v) is 5.60. The lowest BCUT2D eigenvalue weighted by Gasteiger charge is -2.05. The predicted octanol–water partition coefficient (Wildman–Crippen LogP) is 1.95. The Hall–Kier alpha value is -0.470. The molecule has 0 bridgehead atoms. The van der Waals surface area contributed by atoms with Crippen molar-refractivity contribution < 1.29 is 13.2 Å². The SMILES string of the molecule is CCCOCCCNS(=O)(=O)c1ccc(CNCC)s1. The van der Waals surface area contributed by atoms with Crippen LogP contribution in [0.15, 0.2) is 16.3 Å². The molecule has 1 heterocycles. The Kier molecular flexibility index (Phi) is 8.32. The van der Waals surface area contributed by atoms with Crippen molar-refractivity contribution in [3.05, 3.63) is 17.0 Å². The number of hydrogen-bond donors (Lipinski definition) is 2. The Morgan fingerprint density at radius 2 is 2.05 bits per heavy atom. The summed E-state index contributed by atoms with van der Waals surface area (Å²) in [4.78, 5) is 1.03. The van der Waals surface area contributed by atoms with Crippen LogP contribution in [-0.4, -0.2) is 34.7 Å². The van der Waals surface area contributed by atoms with Gasteiger partial charge in [-0.1, -0.05) is 13.8 Å². The zero-order chi connectivity index (χ0) is 14.8. The van der Waals surface area contributed by atoms with E-state index < -0.39 is 10.0 Å². The zero-order valence-electron chi connectivity index (χ0n) is 12.1. The van der Waals surface area contributed by atoms with Crippen LogP contribution in [0.5, 0.6) is 0 Å². The molecule has 0 saturated carbocycles. The lowest BCUT2D eigenvalue weighted by molar-refractivity contribution is 0.133. The van der Waals surface area contributed by atoms with Crippen LogP contribution in [0.1, 0.15) is 31.6 Å². The second-order valence-corrected chi connectivity index (χ2v) is 7.53. The topological polar surface area (TPSA) is 67.4 Å². The molecule has 0 unspecified atom stereocenters. The number of rotatable bonds is 11. The summed E-state index contributed by atoms with van der Waals surface area (Å²) in [5.41, 5.74) is 0. The number of ether oxygens (including phenoxy) is 1. The summed E-state index contributed by atoms with van der Waals surface area (Å²) in [6.45, 7) is 7.37. The number of nitrogens with one attached hydrogen (secondary N) is 2. The Labute approximate surface area is 125 Å². The highest BCUT2D eigenvalue weighted by Crippen LogP contribution is 2.21. The van der Waals surface area contributed by atoms with Crippen molar-refractivity contribution in [1.29, 1.82) is 0 Å². The summed E-state index contributed by atoms with van der Waals surface area (Å²) < 4.78 is 32.4. The van der Waals surface area contributed by atoms with Gasteiger partial charge >= 0.3 is 0 Å². The largest absolute Gasteiger partial charge is 0.381 e. The van der Waals surface area contributed by atoms with Crippen LogP contribution >= 0.6 is 11.3 Å². The van der Waals surface area contributed by atoms with E-state index in [1.807, 2.05) is 19.9 Å². The minimum Gasteiger partial charge on any atom is -0.381 e. The highest BCUT2D eigenvalue weighted by Gasteiger charge is 2.15. The van der Waals surface area contributed by atoms with Gasteiger partial charge in [-0.2, -0.15) is 0 Å². The second kappa shape index (κ2) is 9.46. The van der Waals surface area contributed by atoms with Crippen LogP contribution < -0.4 is 10.0 Å². The van der Waals surface area contributed by atoms with Crippen LogP contribution in [0, 0.1) is 0 Å². The fraction of sp³-hybridized carbons (Fsp3) is 0.692. The molecule has 1 aromatic heterocycles. The van der Waals surface area contributed by atoms with Gasteiger partial charge in [0.25, 0.3) is 0 Å². The molecule has 0 spiro atoms. The molecule has 1 rings (SSSR count). The van der Waals surface area contributed by atoms with Crippen LogP contribution in [0.25, 0.3) is 0 Å². The highest BCUT2D eigenvalue weighted by atomic mass is 32.2. The van der Waals surface area contributed by atoms with Gasteiger partial charge in [0.1, 0.15) is 4.21 Å². The van der Waals surface area contributed by atoms with Crippen molar-refractivity contribution in [1.82, 2.24) is 10.0 Å². The molecule has 5 nitrogen and oxygen atoms in total. The number of sulfonamides is 1. The molecule has 0 aliphatic rings. The van der Waals surface area contributed by atoms with Gasteiger partial charge in [-0.25, -0.2) is 13.1 Å². The molecule has 1 aromatic rings. The van der Waals surface area contributed by atoms with E-state index in [9.17, 15) is 8.42 Å². The standard InChI is InChI=1S/C13H24N2O3S2/c1-3-9-18-10-5-8-15-20(16,17)13-7-6-12(19-13)11-14-4-2/h6-7,14-15H,3-5,8-11H2,1-2H3. The van der Waals surface area contributed by atoms with Gasteiger partial charge in [0.2, 0.25) is 10.0 Å². The number of thiophene rings is 1. The maximum absolute atomic E-state index is 12.0. The van der Waals surface area contributed by atoms with E-state index in [1.54, 1.807) is 6.07 Å². The molecule has 0 aliphatic carbocycles. The van der Waals surface area contributed by atoms with E-state index >= 15 is 0 Å². The monoisotopic (exact) mass is 320 g/mol. The van der Waals surface area contributed by atoms with Gasteiger partial charge in [0, 0.05) is 31.2 Å². The van der Waals surface area contributed by atoms with Gasteiger partial charge in [-0.15, -0.1) is 11.3 Å². The van der Waals surface area contributed by atoms with Crippen molar-refractivity contribution in [3.8, 4) is 0 Å². The summed E-state index contributed by atoms with van der Waals surface area (Å²) in [6, 6.07) is 3.51. The molecule has 0 fully saturated rings. The Bertz CT molecular complexity index is 472. The first kappa shape index (κ1) is 17.6. The van der Waals surface area contributed by atoms with Gasteiger partial charge in [0.15, 0.2) is 0 Å². The summed E-state index contributed by atoms with van der Waals surface area (Å²) in [7, 11) is -3.37. The van der Waals surface area contributed by atoms with E-state index in [2.05, 4.69) is 10.0 Å². The summed E-state index contributed by atoms with van der Waals surface area (Å²) >= 11 is 1.31. The van der Waals surface area contributed by atoms with E-state index in [1.165, 1.54) is 11.3 Å². The fourth-order valence-electron chi connectivity index (χ4n) is 1.54. The third-order valence-electron chi connectivity index (χ3n) is 2.56. The molecule has 0 aromatic carbocycles. The van der Waals surface area contributed by atoms with Crippen molar-refractivity contribution in [2.75, 3.05) is 26.3 Å². The summed E-state index contributed by atoms with van der Waals surface area (Å²) in [6.07, 6.45) is 1.67. The molecule has 116 valence electrons. The Morgan fingerprint density at radius 3 is 2.75 bits per heavy atom. The van der Waals surface area contributed by atoms with E-state index in [-0.39, 0.29) is 0 Å². The quantitative estimate of drug-likeness (QED) is 0.612. The first-order valence-electron chi connectivity index (χ1n) is 6.97. The van der Waals surface area contributed by atoms with Gasteiger partial charge in [-0.05, 0) is 31.5 Å². The zero-order valence-corrected chi connectivity index (χ0v) is 13.8. The molecule has 0 amide bonds. The van der Waals surface area contributed by atoms with Crippen molar-refractivity contribution >= 4 is 21.4 Å². The minimum absolute atomic E-state index is 0.375. The molecule has 7 heteroatoms. The lowest BCUT2D eigenvalue weighted by Crippen LogP contribution is -2.24. The fourth-order valence-corrected chi connectivity index (χ4v) is 3.99. The van der Waals surface area contributed by atoms with Crippen LogP contribution in [-0.2, 0) is 21.3 Å². The van der Waals surface area contributed by atoms with E-state index in [4.69, 9.17) is 4.74 Å². The summed E-state index contributed by atoms with van der Waals surface area (Å²) in [5.74, 6) is 0. The number of hydrogen-bond acceptors (Lipinski definition) is 5. The smallest absolute Gasteiger partial charge is 0.250 e. The average Bonchev–Trinajstić information content (AvgIpc) is 2.90. The van der Waals surface area contributed by atoms with Gasteiger partial charge in [-0.3, -0.25) is 0 Å². The summed E-state index contributed by atoms with van der Waals surface area (Å²) in [5, 5.41) is 3.18. The molecular formula is C13H24N2O3S2. The molecule has 0 atom stereocenters. The van der Waals surface area contributed by atoms with Crippen molar-refractivity contribution in [2.24, 2.45) is 0 Å². The van der Waals surface area contributed by atoms with Crippen molar-refractivity contribution in [2.45, 2.75) is 37.4 Å². The molecule has 0 radical (unpaired) electrons. The Morgan fingerprint density at radius 1 is 1.25 bits per heavy atom. The molecule has 0 aliphatic heterocycles. The van der Waals surface area contributed by atoms with Gasteiger partial charge in [0.05, 0.1) is 0 Å². The molecule has 0 saturated heterocycles. The maximum atomic E-state index is 12.0. The molecule has 20 heavy (non-hydrogen) atoms. The van der Waals surface area contributed by atoms with Crippen LogP contribution in [0.4, 0.5) is 0 Å². The first-order valence-corrected chi connectivity index (χ1v) is 9.27. The third kappa shape index (κ3) is 6.32. The predicted molar refractivity (Wildman–Crippen MR) is 82.6 cm³/mol. The van der Waals surface area contributed by atoms with E-state index in [0.717, 1.165) is 24.4 Å². The van der Waals surface area contributed by atoms with Crippen molar-refractivity contribution in [3.63, 3.8) is 0 Å². The molecule has 2 N–H and O–H groups in total. The van der Waals surface area contributed by atoms with Crippen LogP contribution in [0.2, 0.25) is 0 Å². The highest BCUT2D eigenvalue weighted by molar-refractivity contribution is 7.91. The minimum atomic E-state index is -3.37.